The number of rotatable bonds is 11. The van der Waals surface area contributed by atoms with Crippen molar-refractivity contribution in [1.29, 1.82) is 0 Å². The molecule has 0 atom stereocenters. The van der Waals surface area contributed by atoms with E-state index in [-0.39, 0.29) is 12.5 Å². The molecule has 0 spiro atoms. The van der Waals surface area contributed by atoms with Crippen LogP contribution in [0.3, 0.4) is 0 Å². The number of nitrogens with one attached hydrogen (secondary N) is 2. The van der Waals surface area contributed by atoms with Gasteiger partial charge in [-0.1, -0.05) is 24.8 Å². The van der Waals surface area contributed by atoms with Crippen LogP contribution >= 0.6 is 0 Å². The molecule has 180 valence electrons. The zero-order chi connectivity index (χ0) is 25.0. The molecule has 0 fully saturated rings. The lowest BCUT2D eigenvalue weighted by molar-refractivity contribution is -0.118. The van der Waals surface area contributed by atoms with Crippen molar-refractivity contribution in [2.45, 2.75) is 6.92 Å². The molecule has 8 nitrogen and oxygen atoms in total. The van der Waals surface area contributed by atoms with Gasteiger partial charge in [-0.3, -0.25) is 9.59 Å². The van der Waals surface area contributed by atoms with E-state index in [1.807, 2.05) is 31.2 Å². The summed E-state index contributed by atoms with van der Waals surface area (Å²) in [7, 11) is 1.50. The van der Waals surface area contributed by atoms with Crippen LogP contribution in [0.5, 0.6) is 17.2 Å². The number of aryl methyl sites for hydroxylation is 1. The van der Waals surface area contributed by atoms with E-state index in [4.69, 9.17) is 14.2 Å². The Kier molecular flexibility index (Phi) is 9.01. The normalized spacial score (nSPS) is 10.5. The number of anilines is 1. The number of benzene rings is 3. The fraction of sp³-hybridized carbons (Fsp3) is 0.148. The van der Waals surface area contributed by atoms with Crippen LogP contribution in [0.25, 0.3) is 0 Å². The molecule has 0 saturated heterocycles. The average molecular weight is 474 g/mol. The largest absolute Gasteiger partial charge is 0.493 e. The number of nitrogens with zero attached hydrogens (tertiary/aromatic N) is 1. The van der Waals surface area contributed by atoms with Gasteiger partial charge in [-0.25, -0.2) is 5.43 Å². The fourth-order valence-corrected chi connectivity index (χ4v) is 3.03. The van der Waals surface area contributed by atoms with Gasteiger partial charge in [-0.05, 0) is 72.6 Å². The number of ether oxygens (including phenoxy) is 3. The van der Waals surface area contributed by atoms with E-state index in [0.717, 1.165) is 16.8 Å². The van der Waals surface area contributed by atoms with Gasteiger partial charge in [-0.2, -0.15) is 5.10 Å². The molecular weight excluding hydrogens is 446 g/mol. The molecule has 0 unspecified atom stereocenters. The van der Waals surface area contributed by atoms with Crippen LogP contribution in [0.4, 0.5) is 5.69 Å². The lowest BCUT2D eigenvalue weighted by atomic mass is 10.2. The number of carbonyl (C=O) groups excluding carboxylic acids is 2. The highest BCUT2D eigenvalue weighted by Crippen LogP contribution is 2.28. The third-order valence-electron chi connectivity index (χ3n) is 4.71. The summed E-state index contributed by atoms with van der Waals surface area (Å²) in [6, 6.07) is 19.3. The maximum atomic E-state index is 12.4. The van der Waals surface area contributed by atoms with Crippen molar-refractivity contribution in [3.8, 4) is 17.2 Å². The summed E-state index contributed by atoms with van der Waals surface area (Å²) >= 11 is 0. The van der Waals surface area contributed by atoms with E-state index in [1.165, 1.54) is 13.3 Å². The van der Waals surface area contributed by atoms with Gasteiger partial charge in [0, 0.05) is 11.3 Å². The molecule has 0 bridgehead atoms. The maximum absolute atomic E-state index is 12.4. The lowest BCUT2D eigenvalue weighted by Crippen LogP contribution is -2.20. The van der Waals surface area contributed by atoms with Gasteiger partial charge in [0.15, 0.2) is 18.1 Å². The Labute approximate surface area is 204 Å². The van der Waals surface area contributed by atoms with Crippen molar-refractivity contribution in [1.82, 2.24) is 5.43 Å². The van der Waals surface area contributed by atoms with Gasteiger partial charge >= 0.3 is 0 Å². The zero-order valence-electron chi connectivity index (χ0n) is 19.6. The third-order valence-corrected chi connectivity index (χ3v) is 4.71. The first kappa shape index (κ1) is 25.0. The monoisotopic (exact) mass is 473 g/mol. The summed E-state index contributed by atoms with van der Waals surface area (Å²) in [5.74, 6) is 0.848. The summed E-state index contributed by atoms with van der Waals surface area (Å²) in [6.07, 6.45) is 3.13. The van der Waals surface area contributed by atoms with Crippen LogP contribution < -0.4 is 25.0 Å². The van der Waals surface area contributed by atoms with Crippen LogP contribution in [0.1, 0.15) is 21.5 Å². The lowest BCUT2D eigenvalue weighted by Gasteiger charge is -2.10. The molecule has 0 heterocycles. The first-order chi connectivity index (χ1) is 17.0. The average Bonchev–Trinajstić information content (AvgIpc) is 2.86. The van der Waals surface area contributed by atoms with E-state index in [1.54, 1.807) is 48.5 Å². The van der Waals surface area contributed by atoms with Crippen molar-refractivity contribution in [2.24, 2.45) is 5.10 Å². The zero-order valence-corrected chi connectivity index (χ0v) is 19.6. The molecule has 2 amide bonds. The highest BCUT2D eigenvalue weighted by molar-refractivity contribution is 5.95. The van der Waals surface area contributed by atoms with Gasteiger partial charge in [-0.15, -0.1) is 0 Å². The highest BCUT2D eigenvalue weighted by Gasteiger charge is 2.10. The van der Waals surface area contributed by atoms with Gasteiger partial charge in [0.25, 0.3) is 11.8 Å². The van der Waals surface area contributed by atoms with Crippen molar-refractivity contribution >= 4 is 23.7 Å². The molecule has 35 heavy (non-hydrogen) atoms. The molecule has 0 aliphatic rings. The van der Waals surface area contributed by atoms with Crippen LogP contribution in [0.15, 0.2) is 84.5 Å². The number of hydrazone groups is 1. The Balaban J connectivity index is 1.49. The van der Waals surface area contributed by atoms with Crippen LogP contribution in [0.2, 0.25) is 0 Å². The summed E-state index contributed by atoms with van der Waals surface area (Å²) in [5, 5.41) is 6.78. The Hall–Kier alpha value is -4.59. The minimum atomic E-state index is -0.394. The van der Waals surface area contributed by atoms with E-state index in [9.17, 15) is 9.59 Å². The van der Waals surface area contributed by atoms with Crippen molar-refractivity contribution in [3.63, 3.8) is 0 Å². The molecule has 0 saturated carbocycles. The third kappa shape index (κ3) is 7.75. The number of methoxy groups -OCH3 is 1. The summed E-state index contributed by atoms with van der Waals surface area (Å²) in [6.45, 7) is 5.78. The SMILES string of the molecule is C=CCOc1ccc(C(=O)N/N=C/c2ccc(OCC(=O)Nc3cccc(C)c3)cc2)cc1OC. The Morgan fingerprint density at radius 1 is 1.00 bits per heavy atom. The van der Waals surface area contributed by atoms with Crippen molar-refractivity contribution in [2.75, 3.05) is 25.6 Å². The molecule has 3 aromatic carbocycles. The maximum Gasteiger partial charge on any atom is 0.271 e. The second kappa shape index (κ2) is 12.6. The molecule has 8 heteroatoms. The molecule has 0 aliphatic heterocycles. The molecule has 0 aromatic heterocycles. The summed E-state index contributed by atoms with van der Waals surface area (Å²) in [4.78, 5) is 24.5. The van der Waals surface area contributed by atoms with E-state index < -0.39 is 5.91 Å². The second-order valence-corrected chi connectivity index (χ2v) is 7.44. The molecule has 3 aromatic rings. The Morgan fingerprint density at radius 2 is 1.80 bits per heavy atom. The predicted molar refractivity (Wildman–Crippen MR) is 135 cm³/mol. The molecule has 2 N–H and O–H groups in total. The quantitative estimate of drug-likeness (QED) is 0.245. The van der Waals surface area contributed by atoms with E-state index >= 15 is 0 Å². The standard InChI is InChI=1S/C27H27N3O5/c1-4-14-34-24-13-10-21(16-25(24)33-3)27(32)30-28-17-20-8-11-23(12-9-20)35-18-26(31)29-22-7-5-6-19(2)15-22/h4-13,15-17H,1,14,18H2,2-3H3,(H,29,31)(H,30,32)/b28-17+. The molecule has 3 rings (SSSR count). The first-order valence-corrected chi connectivity index (χ1v) is 10.8. The highest BCUT2D eigenvalue weighted by atomic mass is 16.5. The van der Waals surface area contributed by atoms with Crippen LogP contribution in [-0.2, 0) is 4.79 Å². The van der Waals surface area contributed by atoms with E-state index in [0.29, 0.717) is 29.4 Å². The van der Waals surface area contributed by atoms with Crippen molar-refractivity contribution < 1.29 is 23.8 Å². The van der Waals surface area contributed by atoms with Crippen LogP contribution in [-0.4, -0.2) is 38.4 Å². The fourth-order valence-electron chi connectivity index (χ4n) is 3.03. The minimum absolute atomic E-state index is 0.113. The van der Waals surface area contributed by atoms with Gasteiger partial charge < -0.3 is 19.5 Å². The predicted octanol–water partition coefficient (Wildman–Crippen LogP) is 4.35. The van der Waals surface area contributed by atoms with E-state index in [2.05, 4.69) is 22.4 Å². The second-order valence-electron chi connectivity index (χ2n) is 7.44. The topological polar surface area (TPSA) is 98.3 Å². The Morgan fingerprint density at radius 3 is 2.51 bits per heavy atom. The number of carbonyl (C=O) groups is 2. The number of hydrogen-bond acceptors (Lipinski definition) is 6. The smallest absolute Gasteiger partial charge is 0.271 e. The van der Waals surface area contributed by atoms with Crippen molar-refractivity contribution in [3.05, 3.63) is 96.1 Å². The summed E-state index contributed by atoms with van der Waals surface area (Å²) in [5.41, 5.74) is 5.38. The van der Waals surface area contributed by atoms with Gasteiger partial charge in [0.05, 0.1) is 13.3 Å². The Bertz CT molecular complexity index is 1210. The molecular formula is C27H27N3O5. The first-order valence-electron chi connectivity index (χ1n) is 10.8. The number of hydrogen-bond donors (Lipinski definition) is 2. The summed E-state index contributed by atoms with van der Waals surface area (Å²) < 4.78 is 16.3. The molecule has 0 aliphatic carbocycles. The van der Waals surface area contributed by atoms with Gasteiger partial charge in [0.2, 0.25) is 0 Å². The number of amides is 2. The van der Waals surface area contributed by atoms with Crippen LogP contribution in [0, 0.1) is 6.92 Å². The minimum Gasteiger partial charge on any atom is -0.493 e. The molecule has 0 radical (unpaired) electrons. The van der Waals surface area contributed by atoms with Gasteiger partial charge in [0.1, 0.15) is 12.4 Å².